The van der Waals surface area contributed by atoms with Crippen molar-refractivity contribution in [2.75, 3.05) is 10.0 Å². The van der Waals surface area contributed by atoms with Gasteiger partial charge in [0.05, 0.1) is 17.0 Å². The van der Waals surface area contributed by atoms with Gasteiger partial charge in [0, 0.05) is 5.69 Å². The van der Waals surface area contributed by atoms with Gasteiger partial charge in [-0.05, 0) is 66.6 Å². The Morgan fingerprint density at radius 2 is 1.41 bits per heavy atom. The molecule has 0 saturated carbocycles. The lowest BCUT2D eigenvalue weighted by Gasteiger charge is -2.13. The zero-order valence-electron chi connectivity index (χ0n) is 18.6. The summed E-state index contributed by atoms with van der Waals surface area (Å²) in [6.07, 6.45) is 0.230. The predicted molar refractivity (Wildman–Crippen MR) is 134 cm³/mol. The number of benzene rings is 4. The van der Waals surface area contributed by atoms with Crippen LogP contribution in [0.25, 0.3) is 0 Å². The van der Waals surface area contributed by atoms with Gasteiger partial charge < -0.3 is 10.1 Å². The third-order valence-electron chi connectivity index (χ3n) is 5.08. The highest BCUT2D eigenvalue weighted by atomic mass is 32.2. The fourth-order valence-corrected chi connectivity index (χ4v) is 4.37. The molecule has 0 aliphatic rings. The van der Waals surface area contributed by atoms with Crippen LogP contribution in [0.15, 0.2) is 108 Å². The molecule has 0 aromatic heterocycles. The average Bonchev–Trinajstić information content (AvgIpc) is 2.83. The maximum Gasteiger partial charge on any atom is 0.261 e. The van der Waals surface area contributed by atoms with Crippen LogP contribution in [0, 0.1) is 6.92 Å². The number of amides is 1. The molecule has 7 heteroatoms. The molecule has 4 aromatic carbocycles. The molecule has 4 aromatic rings. The molecule has 0 heterocycles. The third kappa shape index (κ3) is 6.02. The van der Waals surface area contributed by atoms with Crippen molar-refractivity contribution in [2.45, 2.75) is 18.2 Å². The first-order valence-corrected chi connectivity index (χ1v) is 12.2. The lowest BCUT2D eigenvalue weighted by molar-refractivity contribution is -0.115. The molecule has 0 bridgehead atoms. The van der Waals surface area contributed by atoms with E-state index in [1.165, 1.54) is 12.1 Å². The lowest BCUT2D eigenvalue weighted by Crippen LogP contribution is -2.16. The van der Waals surface area contributed by atoms with E-state index in [0.717, 1.165) is 11.1 Å². The SMILES string of the molecule is Cc1ccc(NS(=O)(=O)c2ccc(Oc3ccccc3)cc2)cc1NC(=O)Cc1ccccc1. The van der Waals surface area contributed by atoms with Gasteiger partial charge in [-0.3, -0.25) is 9.52 Å². The summed E-state index contributed by atoms with van der Waals surface area (Å²) in [4.78, 5) is 12.6. The minimum atomic E-state index is -3.83. The Bertz CT molecular complexity index is 1370. The van der Waals surface area contributed by atoms with Crippen LogP contribution < -0.4 is 14.8 Å². The first kappa shape index (κ1) is 23.1. The van der Waals surface area contributed by atoms with Crippen molar-refractivity contribution in [2.24, 2.45) is 0 Å². The van der Waals surface area contributed by atoms with E-state index in [4.69, 9.17) is 4.74 Å². The Hall–Kier alpha value is -4.10. The van der Waals surface area contributed by atoms with Crippen LogP contribution in [0.4, 0.5) is 11.4 Å². The second-order valence-corrected chi connectivity index (χ2v) is 9.41. The zero-order valence-corrected chi connectivity index (χ0v) is 19.4. The molecule has 0 unspecified atom stereocenters. The highest BCUT2D eigenvalue weighted by molar-refractivity contribution is 7.92. The highest BCUT2D eigenvalue weighted by Gasteiger charge is 2.16. The number of carbonyl (C=O) groups excluding carboxylic acids is 1. The molecule has 0 aliphatic carbocycles. The number of hydrogen-bond donors (Lipinski definition) is 2. The highest BCUT2D eigenvalue weighted by Crippen LogP contribution is 2.26. The van der Waals surface area contributed by atoms with Gasteiger partial charge in [0.25, 0.3) is 10.0 Å². The van der Waals surface area contributed by atoms with Crippen LogP contribution in [-0.2, 0) is 21.2 Å². The average molecular weight is 473 g/mol. The molecule has 0 aliphatic heterocycles. The number of anilines is 2. The van der Waals surface area contributed by atoms with Gasteiger partial charge in [0.2, 0.25) is 5.91 Å². The van der Waals surface area contributed by atoms with E-state index >= 15 is 0 Å². The summed E-state index contributed by atoms with van der Waals surface area (Å²) in [6.45, 7) is 1.85. The largest absolute Gasteiger partial charge is 0.457 e. The molecular weight excluding hydrogens is 448 g/mol. The van der Waals surface area contributed by atoms with E-state index in [1.54, 1.807) is 30.3 Å². The van der Waals surface area contributed by atoms with E-state index in [1.807, 2.05) is 67.6 Å². The van der Waals surface area contributed by atoms with Crippen molar-refractivity contribution in [1.82, 2.24) is 0 Å². The minimum absolute atomic E-state index is 0.100. The fourth-order valence-electron chi connectivity index (χ4n) is 3.32. The number of ether oxygens (including phenoxy) is 1. The molecule has 6 nitrogen and oxygen atoms in total. The molecule has 0 spiro atoms. The van der Waals surface area contributed by atoms with Crippen molar-refractivity contribution < 1.29 is 17.9 Å². The summed E-state index contributed by atoms with van der Waals surface area (Å²) in [5, 5.41) is 2.86. The van der Waals surface area contributed by atoms with E-state index in [2.05, 4.69) is 10.0 Å². The van der Waals surface area contributed by atoms with Crippen molar-refractivity contribution in [3.63, 3.8) is 0 Å². The Kier molecular flexibility index (Phi) is 6.94. The standard InChI is InChI=1S/C27H24N2O4S/c1-20-12-13-22(19-26(20)28-27(30)18-21-8-4-2-5-9-21)29-34(31,32)25-16-14-24(15-17-25)33-23-10-6-3-7-11-23/h2-17,19,29H,18H2,1H3,(H,28,30). The van der Waals surface area contributed by atoms with Gasteiger partial charge in [-0.25, -0.2) is 8.42 Å². The van der Waals surface area contributed by atoms with Gasteiger partial charge in [-0.1, -0.05) is 54.6 Å². The molecule has 1 amide bonds. The molecule has 0 atom stereocenters. The van der Waals surface area contributed by atoms with Crippen molar-refractivity contribution in [3.05, 3.63) is 114 Å². The molecule has 34 heavy (non-hydrogen) atoms. The van der Waals surface area contributed by atoms with Crippen molar-refractivity contribution >= 4 is 27.3 Å². The second kappa shape index (κ2) is 10.2. The number of para-hydroxylation sites is 1. The fraction of sp³-hybridized carbons (Fsp3) is 0.0741. The first-order chi connectivity index (χ1) is 16.4. The van der Waals surface area contributed by atoms with Gasteiger partial charge in [0.15, 0.2) is 0 Å². The van der Waals surface area contributed by atoms with Gasteiger partial charge in [-0.15, -0.1) is 0 Å². The van der Waals surface area contributed by atoms with Crippen LogP contribution in [0.3, 0.4) is 0 Å². The number of hydrogen-bond acceptors (Lipinski definition) is 4. The zero-order chi connectivity index (χ0) is 24.0. The van der Waals surface area contributed by atoms with Gasteiger partial charge in [-0.2, -0.15) is 0 Å². The Morgan fingerprint density at radius 3 is 2.09 bits per heavy atom. The van der Waals surface area contributed by atoms with Gasteiger partial charge in [0.1, 0.15) is 11.5 Å². The quantitative estimate of drug-likeness (QED) is 0.341. The summed E-state index contributed by atoms with van der Waals surface area (Å²) in [7, 11) is -3.83. The summed E-state index contributed by atoms with van der Waals surface area (Å²) in [5.41, 5.74) is 2.62. The summed E-state index contributed by atoms with van der Waals surface area (Å²) >= 11 is 0. The Balaban J connectivity index is 1.44. The summed E-state index contributed by atoms with van der Waals surface area (Å²) in [5.74, 6) is 1.02. The molecule has 0 radical (unpaired) electrons. The molecule has 4 rings (SSSR count). The maximum atomic E-state index is 12.9. The molecule has 2 N–H and O–H groups in total. The number of carbonyl (C=O) groups is 1. The summed E-state index contributed by atoms with van der Waals surface area (Å²) < 4.78 is 34.1. The smallest absolute Gasteiger partial charge is 0.261 e. The van der Waals surface area contributed by atoms with E-state index < -0.39 is 10.0 Å². The number of nitrogens with one attached hydrogen (secondary N) is 2. The molecular formula is C27H24N2O4S. The van der Waals surface area contributed by atoms with Crippen LogP contribution in [0.5, 0.6) is 11.5 Å². The van der Waals surface area contributed by atoms with Crippen LogP contribution in [0.2, 0.25) is 0 Å². The molecule has 0 saturated heterocycles. The monoisotopic (exact) mass is 472 g/mol. The Labute approximate surface area is 199 Å². The second-order valence-electron chi connectivity index (χ2n) is 7.73. The predicted octanol–water partition coefficient (Wildman–Crippen LogP) is 5.77. The number of aryl methyl sites for hydroxylation is 1. The molecule has 0 fully saturated rings. The van der Waals surface area contributed by atoms with Crippen LogP contribution in [-0.4, -0.2) is 14.3 Å². The van der Waals surface area contributed by atoms with Crippen LogP contribution >= 0.6 is 0 Å². The number of rotatable bonds is 8. The normalized spacial score (nSPS) is 11.0. The maximum absolute atomic E-state index is 12.9. The summed E-state index contributed by atoms with van der Waals surface area (Å²) in [6, 6.07) is 29.9. The Morgan fingerprint density at radius 1 is 0.794 bits per heavy atom. The first-order valence-electron chi connectivity index (χ1n) is 10.7. The minimum Gasteiger partial charge on any atom is -0.457 e. The third-order valence-corrected chi connectivity index (χ3v) is 6.48. The topological polar surface area (TPSA) is 84.5 Å². The van der Waals surface area contributed by atoms with Crippen molar-refractivity contribution in [3.8, 4) is 11.5 Å². The van der Waals surface area contributed by atoms with Gasteiger partial charge >= 0.3 is 0 Å². The molecule has 172 valence electrons. The van der Waals surface area contributed by atoms with Crippen LogP contribution in [0.1, 0.15) is 11.1 Å². The van der Waals surface area contributed by atoms with E-state index in [9.17, 15) is 13.2 Å². The van der Waals surface area contributed by atoms with E-state index in [-0.39, 0.29) is 17.2 Å². The lowest BCUT2D eigenvalue weighted by atomic mass is 10.1. The van der Waals surface area contributed by atoms with Crippen molar-refractivity contribution in [1.29, 1.82) is 0 Å². The number of sulfonamides is 1. The van der Waals surface area contributed by atoms with E-state index in [0.29, 0.717) is 22.9 Å².